The van der Waals surface area contributed by atoms with Gasteiger partial charge in [0.25, 0.3) is 0 Å². The summed E-state index contributed by atoms with van der Waals surface area (Å²) in [6, 6.07) is 13.8. The maximum absolute atomic E-state index is 12.1. The molecule has 0 atom stereocenters. The zero-order chi connectivity index (χ0) is 16.2. The molecular formula is C18H18N2O2S. The first-order valence-corrected chi connectivity index (χ1v) is 8.51. The van der Waals surface area contributed by atoms with E-state index in [0.717, 1.165) is 16.1 Å². The van der Waals surface area contributed by atoms with Crippen molar-refractivity contribution in [3.63, 3.8) is 0 Å². The van der Waals surface area contributed by atoms with Crippen molar-refractivity contribution in [1.82, 2.24) is 0 Å². The average Bonchev–Trinajstić information content (AvgIpc) is 2.53. The van der Waals surface area contributed by atoms with E-state index in [-0.39, 0.29) is 11.8 Å². The van der Waals surface area contributed by atoms with E-state index in [1.807, 2.05) is 43.3 Å². The number of rotatable bonds is 4. The Hall–Kier alpha value is -2.27. The van der Waals surface area contributed by atoms with Gasteiger partial charge in [-0.05, 0) is 37.1 Å². The topological polar surface area (TPSA) is 58.2 Å². The van der Waals surface area contributed by atoms with Gasteiger partial charge in [0.15, 0.2) is 0 Å². The number of hydrogen-bond donors (Lipinski definition) is 2. The lowest BCUT2D eigenvalue weighted by molar-refractivity contribution is -0.116. The van der Waals surface area contributed by atoms with Crippen LogP contribution in [0.3, 0.4) is 0 Å². The standard InChI is InChI=1S/C18H18N2O2S/c1-12-3-2-4-13(9-12)5-8-17(21)19-14-6-7-16-15(10-14)20-18(22)11-23-16/h2-4,6-7,9-10H,5,8,11H2,1H3,(H,19,21)(H,20,22). The van der Waals surface area contributed by atoms with Gasteiger partial charge < -0.3 is 10.6 Å². The number of anilines is 2. The second-order valence-electron chi connectivity index (χ2n) is 5.59. The first-order valence-electron chi connectivity index (χ1n) is 7.52. The number of amides is 2. The van der Waals surface area contributed by atoms with Crippen molar-refractivity contribution in [3.05, 3.63) is 53.6 Å². The van der Waals surface area contributed by atoms with Crippen LogP contribution in [0.1, 0.15) is 17.5 Å². The number of carbonyl (C=O) groups excluding carboxylic acids is 2. The number of fused-ring (bicyclic) bond motifs is 1. The minimum Gasteiger partial charge on any atom is -0.326 e. The molecular weight excluding hydrogens is 308 g/mol. The highest BCUT2D eigenvalue weighted by molar-refractivity contribution is 8.00. The summed E-state index contributed by atoms with van der Waals surface area (Å²) in [5.74, 6) is 0.404. The molecule has 0 bridgehead atoms. The van der Waals surface area contributed by atoms with Crippen molar-refractivity contribution < 1.29 is 9.59 Å². The minimum absolute atomic E-state index is 0.00887. The summed E-state index contributed by atoms with van der Waals surface area (Å²) >= 11 is 1.51. The number of hydrogen-bond acceptors (Lipinski definition) is 3. The van der Waals surface area contributed by atoms with Gasteiger partial charge in [-0.25, -0.2) is 0 Å². The van der Waals surface area contributed by atoms with Crippen LogP contribution in [-0.2, 0) is 16.0 Å². The molecule has 0 saturated carbocycles. The van der Waals surface area contributed by atoms with Gasteiger partial charge in [-0.15, -0.1) is 11.8 Å². The van der Waals surface area contributed by atoms with E-state index in [4.69, 9.17) is 0 Å². The van der Waals surface area contributed by atoms with Crippen molar-refractivity contribution in [1.29, 1.82) is 0 Å². The molecule has 5 heteroatoms. The van der Waals surface area contributed by atoms with E-state index in [1.165, 1.54) is 17.3 Å². The van der Waals surface area contributed by atoms with Gasteiger partial charge >= 0.3 is 0 Å². The molecule has 0 radical (unpaired) electrons. The van der Waals surface area contributed by atoms with Gasteiger partial charge in [0.2, 0.25) is 11.8 Å². The van der Waals surface area contributed by atoms with Gasteiger partial charge in [0.05, 0.1) is 11.4 Å². The van der Waals surface area contributed by atoms with Crippen LogP contribution in [0.15, 0.2) is 47.4 Å². The molecule has 0 fully saturated rings. The van der Waals surface area contributed by atoms with Crippen molar-refractivity contribution in [3.8, 4) is 0 Å². The molecule has 3 rings (SSSR count). The van der Waals surface area contributed by atoms with E-state index in [9.17, 15) is 9.59 Å². The Balaban J connectivity index is 1.59. The largest absolute Gasteiger partial charge is 0.326 e. The Morgan fingerprint density at radius 1 is 1.26 bits per heavy atom. The number of benzene rings is 2. The fraction of sp³-hybridized carbons (Fsp3) is 0.222. The molecule has 0 unspecified atom stereocenters. The highest BCUT2D eigenvalue weighted by Crippen LogP contribution is 2.33. The van der Waals surface area contributed by atoms with Crippen LogP contribution in [-0.4, -0.2) is 17.6 Å². The molecule has 2 aromatic carbocycles. The average molecular weight is 326 g/mol. The van der Waals surface area contributed by atoms with Crippen LogP contribution in [0.4, 0.5) is 11.4 Å². The fourth-order valence-corrected chi connectivity index (χ4v) is 3.30. The van der Waals surface area contributed by atoms with E-state index < -0.39 is 0 Å². The second-order valence-corrected chi connectivity index (χ2v) is 6.60. The Labute approximate surface area is 139 Å². The molecule has 0 aliphatic carbocycles. The lowest BCUT2D eigenvalue weighted by Crippen LogP contribution is -2.19. The van der Waals surface area contributed by atoms with E-state index >= 15 is 0 Å². The fourth-order valence-electron chi connectivity index (χ4n) is 2.51. The zero-order valence-corrected chi connectivity index (χ0v) is 13.7. The number of carbonyl (C=O) groups is 2. The molecule has 118 valence electrons. The Morgan fingerprint density at radius 3 is 2.96 bits per heavy atom. The molecule has 1 aliphatic rings. The van der Waals surface area contributed by atoms with Gasteiger partial charge in [-0.3, -0.25) is 9.59 Å². The maximum Gasteiger partial charge on any atom is 0.234 e. The Kier molecular flexibility index (Phi) is 4.67. The summed E-state index contributed by atoms with van der Waals surface area (Å²) in [7, 11) is 0. The second kappa shape index (κ2) is 6.87. The summed E-state index contributed by atoms with van der Waals surface area (Å²) in [5.41, 5.74) is 3.84. The number of nitrogens with one attached hydrogen (secondary N) is 2. The third kappa shape index (κ3) is 4.13. The summed E-state index contributed by atoms with van der Waals surface area (Å²) < 4.78 is 0. The van der Waals surface area contributed by atoms with Gasteiger partial charge in [-0.1, -0.05) is 29.8 Å². The highest BCUT2D eigenvalue weighted by atomic mass is 32.2. The third-order valence-corrected chi connectivity index (χ3v) is 4.69. The summed E-state index contributed by atoms with van der Waals surface area (Å²) in [6.07, 6.45) is 1.15. The normalized spacial score (nSPS) is 13.2. The van der Waals surface area contributed by atoms with Gasteiger partial charge in [-0.2, -0.15) is 0 Å². The molecule has 0 saturated heterocycles. The molecule has 1 heterocycles. The van der Waals surface area contributed by atoms with Crippen LogP contribution >= 0.6 is 11.8 Å². The minimum atomic E-state index is -0.0266. The molecule has 2 amide bonds. The Morgan fingerprint density at radius 2 is 2.13 bits per heavy atom. The molecule has 0 spiro atoms. The van der Waals surface area contributed by atoms with Crippen LogP contribution in [0.25, 0.3) is 0 Å². The zero-order valence-electron chi connectivity index (χ0n) is 12.9. The molecule has 1 aliphatic heterocycles. The quantitative estimate of drug-likeness (QED) is 0.902. The lowest BCUT2D eigenvalue weighted by Gasteiger charge is -2.17. The predicted octanol–water partition coefficient (Wildman–Crippen LogP) is 3.61. The first-order chi connectivity index (χ1) is 11.1. The molecule has 4 nitrogen and oxygen atoms in total. The summed E-state index contributed by atoms with van der Waals surface area (Å²) in [4.78, 5) is 24.6. The van der Waals surface area contributed by atoms with E-state index in [1.54, 1.807) is 0 Å². The first kappa shape index (κ1) is 15.6. The summed E-state index contributed by atoms with van der Waals surface area (Å²) in [5, 5.41) is 5.72. The number of thioether (sulfide) groups is 1. The van der Waals surface area contributed by atoms with Crippen LogP contribution in [0.2, 0.25) is 0 Å². The van der Waals surface area contributed by atoms with Crippen LogP contribution in [0.5, 0.6) is 0 Å². The SMILES string of the molecule is Cc1cccc(CCC(=O)Nc2ccc3c(c2)NC(=O)CS3)c1. The monoisotopic (exact) mass is 326 g/mol. The van der Waals surface area contributed by atoms with E-state index in [2.05, 4.69) is 16.7 Å². The molecule has 2 aromatic rings. The smallest absolute Gasteiger partial charge is 0.234 e. The predicted molar refractivity (Wildman–Crippen MR) is 93.9 cm³/mol. The van der Waals surface area contributed by atoms with Gasteiger partial charge in [0.1, 0.15) is 0 Å². The Bertz CT molecular complexity index is 758. The summed E-state index contributed by atoms with van der Waals surface area (Å²) in [6.45, 7) is 2.04. The van der Waals surface area contributed by atoms with Crippen molar-refractivity contribution in [2.45, 2.75) is 24.7 Å². The van der Waals surface area contributed by atoms with E-state index in [0.29, 0.717) is 24.3 Å². The third-order valence-electron chi connectivity index (χ3n) is 3.62. The lowest BCUT2D eigenvalue weighted by atomic mass is 10.1. The van der Waals surface area contributed by atoms with Crippen LogP contribution in [0, 0.1) is 6.92 Å². The van der Waals surface area contributed by atoms with Crippen LogP contribution < -0.4 is 10.6 Å². The number of aryl methyl sites for hydroxylation is 2. The maximum atomic E-state index is 12.1. The molecule has 0 aromatic heterocycles. The van der Waals surface area contributed by atoms with Crippen molar-refractivity contribution >= 4 is 35.0 Å². The molecule has 23 heavy (non-hydrogen) atoms. The van der Waals surface area contributed by atoms with Crippen molar-refractivity contribution in [2.75, 3.05) is 16.4 Å². The highest BCUT2D eigenvalue weighted by Gasteiger charge is 2.15. The molecule has 2 N–H and O–H groups in total. The van der Waals surface area contributed by atoms with Gasteiger partial charge in [0, 0.05) is 17.0 Å². The van der Waals surface area contributed by atoms with Crippen molar-refractivity contribution in [2.24, 2.45) is 0 Å².